The Bertz CT molecular complexity index is 440. The molecule has 1 aliphatic heterocycles. The summed E-state index contributed by atoms with van der Waals surface area (Å²) in [5.41, 5.74) is 1.12. The molecule has 5 heteroatoms. The van der Waals surface area contributed by atoms with Crippen LogP contribution in [-0.2, 0) is 6.54 Å². The van der Waals surface area contributed by atoms with Crippen molar-refractivity contribution in [3.05, 3.63) is 22.7 Å². The molecule has 0 amide bonds. The van der Waals surface area contributed by atoms with Crippen molar-refractivity contribution >= 4 is 11.6 Å². The summed E-state index contributed by atoms with van der Waals surface area (Å²) in [4.78, 5) is 2.27. The zero-order valence-corrected chi connectivity index (χ0v) is 13.0. The first-order valence-corrected chi connectivity index (χ1v) is 7.55. The van der Waals surface area contributed by atoms with Gasteiger partial charge in [0.25, 0.3) is 0 Å². The van der Waals surface area contributed by atoms with Crippen LogP contribution in [0, 0.1) is 0 Å². The van der Waals surface area contributed by atoms with Crippen molar-refractivity contribution in [2.75, 3.05) is 39.9 Å². The lowest BCUT2D eigenvalue weighted by Crippen LogP contribution is -2.28. The van der Waals surface area contributed by atoms with Gasteiger partial charge in [0.15, 0.2) is 11.5 Å². The van der Waals surface area contributed by atoms with Crippen LogP contribution in [0.25, 0.3) is 0 Å². The van der Waals surface area contributed by atoms with E-state index in [1.807, 2.05) is 12.1 Å². The molecule has 0 atom stereocenters. The number of hydrogen-bond acceptors (Lipinski definition) is 4. The third-order valence-corrected chi connectivity index (χ3v) is 3.68. The van der Waals surface area contributed by atoms with E-state index < -0.39 is 0 Å². The number of halogens is 1. The van der Waals surface area contributed by atoms with Crippen molar-refractivity contribution in [1.29, 1.82) is 0 Å². The summed E-state index contributed by atoms with van der Waals surface area (Å²) in [7, 11) is 2.12. The Morgan fingerprint density at radius 1 is 1.30 bits per heavy atom. The van der Waals surface area contributed by atoms with Crippen LogP contribution in [0.5, 0.6) is 11.5 Å². The number of nitrogens with one attached hydrogen (secondary N) is 1. The first-order valence-electron chi connectivity index (χ1n) is 7.18. The quantitative estimate of drug-likeness (QED) is 0.819. The van der Waals surface area contributed by atoms with Gasteiger partial charge in [-0.05, 0) is 31.3 Å². The minimum atomic E-state index is 0.631. The second kappa shape index (κ2) is 7.72. The number of benzene rings is 1. The van der Waals surface area contributed by atoms with Crippen LogP contribution in [0.15, 0.2) is 12.1 Å². The van der Waals surface area contributed by atoms with E-state index in [1.54, 1.807) is 0 Å². The Hall–Kier alpha value is -0.970. The molecule has 112 valence electrons. The molecule has 0 bridgehead atoms. The van der Waals surface area contributed by atoms with E-state index >= 15 is 0 Å². The molecule has 0 radical (unpaired) electrons. The Balaban J connectivity index is 1.92. The average Bonchev–Trinajstić information content (AvgIpc) is 2.69. The summed E-state index contributed by atoms with van der Waals surface area (Å²) in [6, 6.07) is 3.97. The maximum atomic E-state index is 6.26. The van der Waals surface area contributed by atoms with Gasteiger partial charge in [0.2, 0.25) is 0 Å². The van der Waals surface area contributed by atoms with Gasteiger partial charge in [-0.25, -0.2) is 0 Å². The molecule has 0 aromatic heterocycles. The van der Waals surface area contributed by atoms with Crippen molar-refractivity contribution in [3.63, 3.8) is 0 Å². The highest BCUT2D eigenvalue weighted by Gasteiger charge is 2.15. The summed E-state index contributed by atoms with van der Waals surface area (Å²) in [5, 5.41) is 4.05. The van der Waals surface area contributed by atoms with Gasteiger partial charge in [0, 0.05) is 26.1 Å². The van der Waals surface area contributed by atoms with Crippen LogP contribution in [0.1, 0.15) is 18.9 Å². The predicted octanol–water partition coefficient (Wildman–Crippen LogP) is 2.54. The van der Waals surface area contributed by atoms with E-state index in [-0.39, 0.29) is 0 Å². The number of likely N-dealkylation sites (N-methyl/N-ethyl adjacent to an activating group) is 1. The number of fused-ring (bicyclic) bond motifs is 1. The molecule has 0 fully saturated rings. The highest BCUT2D eigenvalue weighted by Crippen LogP contribution is 2.37. The van der Waals surface area contributed by atoms with Crippen LogP contribution < -0.4 is 14.8 Å². The molecule has 4 nitrogen and oxygen atoms in total. The zero-order valence-electron chi connectivity index (χ0n) is 12.2. The molecule has 0 aliphatic carbocycles. The van der Waals surface area contributed by atoms with Crippen LogP contribution in [0.4, 0.5) is 0 Å². The van der Waals surface area contributed by atoms with Gasteiger partial charge in [-0.3, -0.25) is 0 Å². The van der Waals surface area contributed by atoms with E-state index in [2.05, 4.69) is 24.2 Å². The third kappa shape index (κ3) is 4.27. The Kier molecular flexibility index (Phi) is 5.95. The summed E-state index contributed by atoms with van der Waals surface area (Å²) >= 11 is 6.26. The van der Waals surface area contributed by atoms with Crippen LogP contribution >= 0.6 is 11.6 Å². The normalized spacial score (nSPS) is 14.4. The fraction of sp³-hybridized carbons (Fsp3) is 0.600. The maximum absolute atomic E-state index is 6.26. The second-order valence-corrected chi connectivity index (χ2v) is 5.44. The monoisotopic (exact) mass is 298 g/mol. The first kappa shape index (κ1) is 15.4. The SMILES string of the molecule is CCN(C)CCNCc1cc(Cl)c2c(c1)OCCCO2. The largest absolute Gasteiger partial charge is 0.489 e. The van der Waals surface area contributed by atoms with Gasteiger partial charge in [0.1, 0.15) is 0 Å². The number of hydrogen-bond donors (Lipinski definition) is 1. The van der Waals surface area contributed by atoms with Gasteiger partial charge >= 0.3 is 0 Å². The number of nitrogens with zero attached hydrogens (tertiary/aromatic N) is 1. The smallest absolute Gasteiger partial charge is 0.179 e. The van der Waals surface area contributed by atoms with Crippen LogP contribution in [0.2, 0.25) is 5.02 Å². The lowest BCUT2D eigenvalue weighted by molar-refractivity contribution is 0.297. The molecular weight excluding hydrogens is 276 g/mol. The molecule has 1 aromatic rings. The molecule has 1 aliphatic rings. The van der Waals surface area contributed by atoms with Crippen molar-refractivity contribution in [2.24, 2.45) is 0 Å². The van der Waals surface area contributed by atoms with Crippen molar-refractivity contribution in [2.45, 2.75) is 19.9 Å². The van der Waals surface area contributed by atoms with Crippen molar-refractivity contribution in [1.82, 2.24) is 10.2 Å². The number of rotatable bonds is 6. The fourth-order valence-corrected chi connectivity index (χ4v) is 2.33. The fourth-order valence-electron chi connectivity index (χ4n) is 2.05. The first-order chi connectivity index (χ1) is 9.70. The topological polar surface area (TPSA) is 33.7 Å². The van der Waals surface area contributed by atoms with E-state index in [0.29, 0.717) is 24.0 Å². The van der Waals surface area contributed by atoms with E-state index in [4.69, 9.17) is 21.1 Å². The lowest BCUT2D eigenvalue weighted by Gasteiger charge is -2.15. The average molecular weight is 299 g/mol. The summed E-state index contributed by atoms with van der Waals surface area (Å²) in [6.07, 6.45) is 0.891. The molecule has 1 heterocycles. The molecule has 0 spiro atoms. The second-order valence-electron chi connectivity index (χ2n) is 5.03. The Labute approximate surface area is 126 Å². The molecule has 0 saturated heterocycles. The summed E-state index contributed by atoms with van der Waals surface area (Å²) < 4.78 is 11.3. The minimum Gasteiger partial charge on any atom is -0.489 e. The van der Waals surface area contributed by atoms with Crippen molar-refractivity contribution < 1.29 is 9.47 Å². The molecule has 0 unspecified atom stereocenters. The van der Waals surface area contributed by atoms with Gasteiger partial charge in [-0.2, -0.15) is 0 Å². The van der Waals surface area contributed by atoms with Gasteiger partial charge in [0.05, 0.1) is 18.2 Å². The summed E-state index contributed by atoms with van der Waals surface area (Å²) in [6.45, 7) is 7.34. The predicted molar refractivity (Wildman–Crippen MR) is 81.9 cm³/mol. The Morgan fingerprint density at radius 2 is 2.10 bits per heavy atom. The molecule has 1 N–H and O–H groups in total. The van der Waals surface area contributed by atoms with Gasteiger partial charge in [-0.15, -0.1) is 0 Å². The molecular formula is C15H23ClN2O2. The van der Waals surface area contributed by atoms with Gasteiger partial charge in [-0.1, -0.05) is 18.5 Å². The highest BCUT2D eigenvalue weighted by molar-refractivity contribution is 6.32. The number of ether oxygens (including phenoxy) is 2. The minimum absolute atomic E-state index is 0.631. The summed E-state index contributed by atoms with van der Waals surface area (Å²) in [5.74, 6) is 1.44. The third-order valence-electron chi connectivity index (χ3n) is 3.40. The van der Waals surface area contributed by atoms with Crippen LogP contribution in [0.3, 0.4) is 0 Å². The molecule has 1 aromatic carbocycles. The zero-order chi connectivity index (χ0) is 14.4. The van der Waals surface area contributed by atoms with E-state index in [0.717, 1.165) is 43.9 Å². The van der Waals surface area contributed by atoms with Crippen molar-refractivity contribution in [3.8, 4) is 11.5 Å². The maximum Gasteiger partial charge on any atom is 0.179 e. The standard InChI is InChI=1S/C15H23ClN2O2/c1-3-18(2)6-5-17-11-12-9-13(16)15-14(10-12)19-7-4-8-20-15/h9-10,17H,3-8,11H2,1-2H3. The van der Waals surface area contributed by atoms with E-state index in [9.17, 15) is 0 Å². The highest BCUT2D eigenvalue weighted by atomic mass is 35.5. The molecule has 2 rings (SSSR count). The molecule has 0 saturated carbocycles. The molecule has 20 heavy (non-hydrogen) atoms. The van der Waals surface area contributed by atoms with Gasteiger partial charge < -0.3 is 19.7 Å². The Morgan fingerprint density at radius 3 is 2.90 bits per heavy atom. The lowest BCUT2D eigenvalue weighted by atomic mass is 10.2. The van der Waals surface area contributed by atoms with Crippen LogP contribution in [-0.4, -0.2) is 44.8 Å². The van der Waals surface area contributed by atoms with E-state index in [1.165, 1.54) is 0 Å².